The van der Waals surface area contributed by atoms with Crippen molar-refractivity contribution in [3.8, 4) is 0 Å². The Morgan fingerprint density at radius 2 is 2.00 bits per heavy atom. The Morgan fingerprint density at radius 3 is 2.36 bits per heavy atom. The fraction of sp³-hybridized carbons (Fsp3) is 0.737. The molecular formula is C19H41NO4S. The minimum Gasteiger partial charge on any atom is -0.412 e. The van der Waals surface area contributed by atoms with Gasteiger partial charge in [0, 0.05) is 19.4 Å². The monoisotopic (exact) mass is 379 g/mol. The number of rotatable bonds is 10. The van der Waals surface area contributed by atoms with E-state index in [2.05, 4.69) is 26.1 Å². The number of hydrogen-bond donors (Lipinski definition) is 2. The first-order valence-electron chi connectivity index (χ1n) is 8.68. The Bertz CT molecular complexity index is 377. The number of carbonyl (C=O) groups excluding carboxylic acids is 1. The van der Waals surface area contributed by atoms with Crippen LogP contribution in [0.2, 0.25) is 0 Å². The van der Waals surface area contributed by atoms with Crippen molar-refractivity contribution in [1.82, 2.24) is 0 Å². The molecule has 1 rings (SSSR count). The van der Waals surface area contributed by atoms with Crippen molar-refractivity contribution < 1.29 is 21.9 Å². The summed E-state index contributed by atoms with van der Waals surface area (Å²) in [4.78, 5) is 10.2. The summed E-state index contributed by atoms with van der Waals surface area (Å²) in [5.41, 5.74) is 5.39. The zero-order chi connectivity index (χ0) is 17.7. The molecule has 0 aliphatic heterocycles. The Morgan fingerprint density at radius 1 is 1.40 bits per heavy atom. The van der Waals surface area contributed by atoms with Gasteiger partial charge in [-0.1, -0.05) is 64.2 Å². The Labute approximate surface area is 160 Å². The van der Waals surface area contributed by atoms with Crippen LogP contribution in [-0.4, -0.2) is 35.8 Å². The van der Waals surface area contributed by atoms with Crippen LogP contribution in [0.5, 0.6) is 0 Å². The third-order valence-corrected chi connectivity index (χ3v) is 5.16. The summed E-state index contributed by atoms with van der Waals surface area (Å²) in [6, 6.07) is 0. The fourth-order valence-corrected chi connectivity index (χ4v) is 2.77. The summed E-state index contributed by atoms with van der Waals surface area (Å²) in [6.45, 7) is 8.12. The van der Waals surface area contributed by atoms with E-state index in [1.54, 1.807) is 20.1 Å². The molecule has 0 bridgehead atoms. The molecule has 1 aliphatic carbocycles. The second-order valence-electron chi connectivity index (χ2n) is 6.53. The minimum absolute atomic E-state index is 0. The molecule has 0 radical (unpaired) electrons. The summed E-state index contributed by atoms with van der Waals surface area (Å²) in [5.74, 6) is 1.37. The number of unbranched alkanes of at least 4 members (excludes halogenated alkanes) is 1. The first-order chi connectivity index (χ1) is 10.9. The Hall–Kier alpha value is -0.820. The molecule has 1 saturated carbocycles. The highest BCUT2D eigenvalue weighted by Gasteiger charge is 2.17. The number of amides is 1. The van der Waals surface area contributed by atoms with Crippen molar-refractivity contribution in [3.63, 3.8) is 0 Å². The molecule has 6 N–H and O–H groups in total. The van der Waals surface area contributed by atoms with E-state index in [1.165, 1.54) is 51.0 Å². The lowest BCUT2D eigenvalue weighted by molar-refractivity contribution is -0.114. The van der Waals surface area contributed by atoms with E-state index in [0.29, 0.717) is 16.7 Å². The van der Waals surface area contributed by atoms with Gasteiger partial charge in [0.1, 0.15) is 0 Å². The minimum atomic E-state index is -0.398. The molecular weight excluding hydrogens is 338 g/mol. The number of methoxy groups -OCH3 is 1. The zero-order valence-corrected chi connectivity index (χ0v) is 17.0. The van der Waals surface area contributed by atoms with Gasteiger partial charge < -0.3 is 21.4 Å². The third-order valence-electron chi connectivity index (χ3n) is 4.50. The summed E-state index contributed by atoms with van der Waals surface area (Å²) in [7, 11) is 1.76. The van der Waals surface area contributed by atoms with Crippen molar-refractivity contribution in [3.05, 3.63) is 24.3 Å². The average molecular weight is 380 g/mol. The number of carbonyl (C=O) groups is 1. The molecule has 0 aromatic rings. The maximum atomic E-state index is 10.2. The van der Waals surface area contributed by atoms with Gasteiger partial charge in [0.2, 0.25) is 5.91 Å². The van der Waals surface area contributed by atoms with E-state index >= 15 is 0 Å². The van der Waals surface area contributed by atoms with Crippen LogP contribution in [0.15, 0.2) is 24.3 Å². The highest BCUT2D eigenvalue weighted by atomic mass is 32.1. The quantitative estimate of drug-likeness (QED) is 0.263. The van der Waals surface area contributed by atoms with Crippen LogP contribution in [0.25, 0.3) is 0 Å². The predicted octanol–water partition coefficient (Wildman–Crippen LogP) is 3.13. The van der Waals surface area contributed by atoms with E-state index in [-0.39, 0.29) is 12.4 Å². The highest BCUT2D eigenvalue weighted by Crippen LogP contribution is 2.31. The lowest BCUT2D eigenvalue weighted by Gasteiger charge is -2.25. The van der Waals surface area contributed by atoms with Crippen LogP contribution in [0.3, 0.4) is 0 Å². The van der Waals surface area contributed by atoms with Gasteiger partial charge in [0.25, 0.3) is 0 Å². The summed E-state index contributed by atoms with van der Waals surface area (Å²) < 4.78 is 5.12. The van der Waals surface area contributed by atoms with Gasteiger partial charge in [-0.2, -0.15) is 12.6 Å². The molecule has 152 valence electrons. The van der Waals surface area contributed by atoms with Crippen LogP contribution in [-0.2, 0) is 9.53 Å². The van der Waals surface area contributed by atoms with E-state index in [9.17, 15) is 4.79 Å². The molecule has 2 atom stereocenters. The second-order valence-corrected chi connectivity index (χ2v) is 7.19. The van der Waals surface area contributed by atoms with Gasteiger partial charge in [-0.25, -0.2) is 0 Å². The lowest BCUT2D eigenvalue weighted by Crippen LogP contribution is -2.17. The fourth-order valence-electron chi connectivity index (χ4n) is 2.47. The normalized spacial score (nSPS) is 16.1. The molecule has 0 aromatic carbocycles. The smallest absolute Gasteiger partial charge is 0.244 e. The molecule has 0 heterocycles. The van der Waals surface area contributed by atoms with E-state index in [4.69, 9.17) is 10.5 Å². The molecule has 0 saturated heterocycles. The van der Waals surface area contributed by atoms with Gasteiger partial charge in [-0.15, -0.1) is 0 Å². The molecule has 0 unspecified atom stereocenters. The second kappa shape index (κ2) is 18.0. The molecule has 6 heteroatoms. The van der Waals surface area contributed by atoms with Crippen LogP contribution in [0, 0.1) is 11.8 Å². The van der Waals surface area contributed by atoms with E-state index in [1.807, 2.05) is 0 Å². The van der Waals surface area contributed by atoms with E-state index in [0.717, 1.165) is 12.5 Å². The molecule has 1 amide bonds. The summed E-state index contributed by atoms with van der Waals surface area (Å²) >= 11 is 4.55. The number of primary amides is 1. The topological polar surface area (TPSA) is 115 Å². The number of thiol groups is 1. The maximum absolute atomic E-state index is 10.2. The van der Waals surface area contributed by atoms with Crippen LogP contribution in [0.1, 0.15) is 60.2 Å². The van der Waals surface area contributed by atoms with Gasteiger partial charge in [-0.05, 0) is 25.2 Å². The molecule has 1 fully saturated rings. The lowest BCUT2D eigenvalue weighted by atomic mass is 9.81. The predicted molar refractivity (Wildman–Crippen MR) is 112 cm³/mol. The van der Waals surface area contributed by atoms with Crippen molar-refractivity contribution >= 4 is 18.5 Å². The first kappa shape index (κ1) is 29.0. The average Bonchev–Trinajstić information content (AvgIpc) is 2.46. The molecule has 25 heavy (non-hydrogen) atoms. The first-order valence-corrected chi connectivity index (χ1v) is 9.20. The van der Waals surface area contributed by atoms with Gasteiger partial charge >= 0.3 is 0 Å². The van der Waals surface area contributed by atoms with E-state index < -0.39 is 5.91 Å². The molecule has 0 spiro atoms. The van der Waals surface area contributed by atoms with Gasteiger partial charge in [0.15, 0.2) is 0 Å². The Balaban J connectivity index is -0.000000193. The number of allylic oxidation sites excluding steroid dienone is 2. The Kier molecular flexibility index (Phi) is 20.8. The van der Waals surface area contributed by atoms with Crippen molar-refractivity contribution in [2.45, 2.75) is 64.0 Å². The molecule has 0 aromatic heterocycles. The van der Waals surface area contributed by atoms with Crippen LogP contribution < -0.4 is 5.73 Å². The SMILES string of the molecule is C=C/C=C(\C)C(N)=O.COC[C@H](S)[C@@H](C)CCCCC1CCC1.O.O.[HH]. The number of nitrogens with two attached hydrogens (primary N) is 1. The standard InChI is InChI=1S/C13H26OS.C6H9NO.2H2O.H2/c1-11(13(15)10-14-2)6-3-4-7-12-8-5-9-12;1-3-4-5(2)6(7)8;;;/h11-13,15H,3-10H2,1-2H3;3-4H,1H2,2H3,(H2,7,8);2*1H2;1H/b;5-4+;;;/t11-,13-;;;;/m0..../s1. The maximum Gasteiger partial charge on any atom is 0.244 e. The molecule has 5 nitrogen and oxygen atoms in total. The number of hydrogen-bond acceptors (Lipinski definition) is 3. The largest absolute Gasteiger partial charge is 0.412 e. The number of ether oxygens (including phenoxy) is 1. The highest BCUT2D eigenvalue weighted by molar-refractivity contribution is 7.81. The van der Waals surface area contributed by atoms with Crippen LogP contribution in [0.4, 0.5) is 0 Å². The third kappa shape index (κ3) is 15.2. The van der Waals surface area contributed by atoms with Crippen molar-refractivity contribution in [2.75, 3.05) is 13.7 Å². The van der Waals surface area contributed by atoms with Gasteiger partial charge in [0.05, 0.1) is 6.61 Å². The summed E-state index contributed by atoms with van der Waals surface area (Å²) in [5, 5.41) is 0.415. The van der Waals surface area contributed by atoms with Crippen molar-refractivity contribution in [1.29, 1.82) is 0 Å². The van der Waals surface area contributed by atoms with Crippen LogP contribution >= 0.6 is 12.6 Å². The van der Waals surface area contributed by atoms with Gasteiger partial charge in [-0.3, -0.25) is 4.79 Å². The van der Waals surface area contributed by atoms with Crippen molar-refractivity contribution in [2.24, 2.45) is 17.6 Å². The zero-order valence-electron chi connectivity index (χ0n) is 16.1. The molecule has 1 aliphatic rings. The summed E-state index contributed by atoms with van der Waals surface area (Å²) in [6.07, 6.45) is 13.1.